The van der Waals surface area contributed by atoms with Crippen LogP contribution in [0.15, 0.2) is 24.3 Å². The lowest BCUT2D eigenvalue weighted by Crippen LogP contribution is -2.35. The van der Waals surface area contributed by atoms with E-state index < -0.39 is 18.4 Å². The molecule has 17 heavy (non-hydrogen) atoms. The number of hydrogen-bond acceptors (Lipinski definition) is 3. The van der Waals surface area contributed by atoms with Crippen molar-refractivity contribution in [2.24, 2.45) is 0 Å². The Bertz CT molecular complexity index is 461. The monoisotopic (exact) mass is 253 g/mol. The smallest absolute Gasteiger partial charge is 0.413 e. The van der Waals surface area contributed by atoms with Gasteiger partial charge in [0.25, 0.3) is 0 Å². The SMILES string of the molecule is O=C1O[C@@H](c2ccccc2Cl)[C@@H](O)N1C1CC1. The molecule has 3 rings (SSSR count). The molecule has 1 aromatic rings. The molecule has 0 unspecified atom stereocenters. The summed E-state index contributed by atoms with van der Waals surface area (Å²) in [5.41, 5.74) is 0.651. The predicted octanol–water partition coefficient (Wildman–Crippen LogP) is 2.31. The third kappa shape index (κ3) is 1.77. The van der Waals surface area contributed by atoms with Crippen LogP contribution in [0.2, 0.25) is 5.02 Å². The van der Waals surface area contributed by atoms with E-state index in [4.69, 9.17) is 16.3 Å². The molecule has 1 aliphatic heterocycles. The average molecular weight is 254 g/mol. The van der Waals surface area contributed by atoms with Crippen molar-refractivity contribution in [2.45, 2.75) is 31.2 Å². The summed E-state index contributed by atoms with van der Waals surface area (Å²) in [7, 11) is 0. The van der Waals surface area contributed by atoms with Gasteiger partial charge in [-0.05, 0) is 18.9 Å². The first-order chi connectivity index (χ1) is 8.18. The van der Waals surface area contributed by atoms with Crippen molar-refractivity contribution in [3.05, 3.63) is 34.9 Å². The zero-order chi connectivity index (χ0) is 12.0. The predicted molar refractivity (Wildman–Crippen MR) is 61.5 cm³/mol. The first-order valence-corrected chi connectivity index (χ1v) is 5.97. The summed E-state index contributed by atoms with van der Waals surface area (Å²) in [6.45, 7) is 0. The van der Waals surface area contributed by atoms with Crippen LogP contribution >= 0.6 is 11.6 Å². The first-order valence-electron chi connectivity index (χ1n) is 5.60. The highest BCUT2D eigenvalue weighted by molar-refractivity contribution is 6.31. The molecule has 1 aliphatic carbocycles. The number of benzene rings is 1. The lowest BCUT2D eigenvalue weighted by Gasteiger charge is -2.19. The van der Waals surface area contributed by atoms with Crippen LogP contribution in [0, 0.1) is 0 Å². The van der Waals surface area contributed by atoms with Gasteiger partial charge >= 0.3 is 6.09 Å². The van der Waals surface area contributed by atoms with E-state index >= 15 is 0 Å². The van der Waals surface area contributed by atoms with E-state index in [0.29, 0.717) is 10.6 Å². The van der Waals surface area contributed by atoms with Crippen LogP contribution in [0.25, 0.3) is 0 Å². The number of carbonyl (C=O) groups excluding carboxylic acids is 1. The molecule has 1 heterocycles. The summed E-state index contributed by atoms with van der Waals surface area (Å²) in [6, 6.07) is 7.22. The number of nitrogens with zero attached hydrogens (tertiary/aromatic N) is 1. The number of amides is 1. The van der Waals surface area contributed by atoms with Gasteiger partial charge in [0.1, 0.15) is 0 Å². The van der Waals surface area contributed by atoms with Crippen molar-refractivity contribution in [3.8, 4) is 0 Å². The van der Waals surface area contributed by atoms with Gasteiger partial charge in [0.15, 0.2) is 12.3 Å². The van der Waals surface area contributed by atoms with Gasteiger partial charge in [-0.1, -0.05) is 29.8 Å². The highest BCUT2D eigenvalue weighted by atomic mass is 35.5. The van der Waals surface area contributed by atoms with Crippen LogP contribution < -0.4 is 0 Å². The van der Waals surface area contributed by atoms with Crippen LogP contribution in [0.4, 0.5) is 4.79 Å². The molecule has 0 bridgehead atoms. The van der Waals surface area contributed by atoms with Gasteiger partial charge in [0.05, 0.1) is 0 Å². The summed E-state index contributed by atoms with van der Waals surface area (Å²) in [4.78, 5) is 13.1. The maximum absolute atomic E-state index is 11.7. The van der Waals surface area contributed by atoms with Crippen LogP contribution in [0.1, 0.15) is 24.5 Å². The first kappa shape index (κ1) is 10.9. The Morgan fingerprint density at radius 2 is 2.06 bits per heavy atom. The summed E-state index contributed by atoms with van der Waals surface area (Å²) in [5, 5.41) is 10.6. The third-order valence-electron chi connectivity index (χ3n) is 3.15. The lowest BCUT2D eigenvalue weighted by molar-refractivity contribution is 0.0106. The fourth-order valence-electron chi connectivity index (χ4n) is 2.13. The quantitative estimate of drug-likeness (QED) is 0.880. The van der Waals surface area contributed by atoms with E-state index in [1.807, 2.05) is 6.07 Å². The molecular weight excluding hydrogens is 242 g/mol. The Morgan fingerprint density at radius 3 is 2.71 bits per heavy atom. The molecular formula is C12H12ClNO3. The Kier molecular flexibility index (Phi) is 2.49. The van der Waals surface area contributed by atoms with Gasteiger partial charge in [-0.2, -0.15) is 0 Å². The Morgan fingerprint density at radius 1 is 1.35 bits per heavy atom. The number of aliphatic hydroxyl groups is 1. The van der Waals surface area contributed by atoms with Crippen molar-refractivity contribution in [3.63, 3.8) is 0 Å². The van der Waals surface area contributed by atoms with E-state index in [1.165, 1.54) is 4.90 Å². The van der Waals surface area contributed by atoms with Crippen molar-refractivity contribution >= 4 is 17.7 Å². The van der Waals surface area contributed by atoms with Crippen molar-refractivity contribution in [1.82, 2.24) is 4.90 Å². The molecule has 5 heteroatoms. The molecule has 90 valence electrons. The standard InChI is InChI=1S/C12H12ClNO3/c13-9-4-2-1-3-8(9)10-11(15)14(7-5-6-7)12(16)17-10/h1-4,7,10-11,15H,5-6H2/t10-,11+/m0/s1. The van der Waals surface area contributed by atoms with Gasteiger partial charge in [0, 0.05) is 16.6 Å². The van der Waals surface area contributed by atoms with Gasteiger partial charge in [-0.3, -0.25) is 4.90 Å². The molecule has 1 aromatic carbocycles. The highest BCUT2D eigenvalue weighted by Gasteiger charge is 2.48. The minimum atomic E-state index is -0.935. The van der Waals surface area contributed by atoms with E-state index in [9.17, 15) is 9.90 Å². The number of cyclic esters (lactones) is 1. The largest absolute Gasteiger partial charge is 0.436 e. The molecule has 4 nitrogen and oxygen atoms in total. The molecule has 2 fully saturated rings. The Balaban J connectivity index is 1.90. The van der Waals surface area contributed by atoms with Gasteiger partial charge in [-0.25, -0.2) is 4.79 Å². The topological polar surface area (TPSA) is 49.8 Å². The minimum Gasteiger partial charge on any atom is -0.436 e. The van der Waals surface area contributed by atoms with Crippen LogP contribution in [-0.4, -0.2) is 28.4 Å². The molecule has 2 aliphatic rings. The van der Waals surface area contributed by atoms with E-state index in [-0.39, 0.29) is 6.04 Å². The summed E-state index contributed by atoms with van der Waals surface area (Å²) in [5.74, 6) is 0. The Labute approximate surface area is 104 Å². The van der Waals surface area contributed by atoms with Crippen molar-refractivity contribution in [2.75, 3.05) is 0 Å². The normalized spacial score (nSPS) is 28.4. The minimum absolute atomic E-state index is 0.130. The fourth-order valence-corrected chi connectivity index (χ4v) is 2.38. The van der Waals surface area contributed by atoms with Crippen LogP contribution in [0.5, 0.6) is 0 Å². The lowest BCUT2D eigenvalue weighted by atomic mass is 10.1. The van der Waals surface area contributed by atoms with Crippen molar-refractivity contribution < 1.29 is 14.6 Å². The summed E-state index contributed by atoms with van der Waals surface area (Å²) < 4.78 is 5.21. The number of aliphatic hydroxyl groups excluding tert-OH is 1. The molecule has 1 N–H and O–H groups in total. The highest BCUT2D eigenvalue weighted by Crippen LogP contribution is 2.40. The maximum Gasteiger partial charge on any atom is 0.413 e. The second kappa shape index (κ2) is 3.89. The van der Waals surface area contributed by atoms with E-state index in [1.54, 1.807) is 18.2 Å². The number of ether oxygens (including phenoxy) is 1. The van der Waals surface area contributed by atoms with Gasteiger partial charge in [-0.15, -0.1) is 0 Å². The van der Waals surface area contributed by atoms with Crippen molar-refractivity contribution in [1.29, 1.82) is 0 Å². The molecule has 0 aromatic heterocycles. The molecule has 2 atom stereocenters. The Hall–Kier alpha value is -1.26. The molecule has 1 saturated carbocycles. The van der Waals surface area contributed by atoms with E-state index in [2.05, 4.69) is 0 Å². The number of hydrogen-bond donors (Lipinski definition) is 1. The fraction of sp³-hybridized carbons (Fsp3) is 0.417. The maximum atomic E-state index is 11.7. The molecule has 1 saturated heterocycles. The second-order valence-corrected chi connectivity index (χ2v) is 4.79. The zero-order valence-electron chi connectivity index (χ0n) is 9.04. The third-order valence-corrected chi connectivity index (χ3v) is 3.49. The number of halogens is 1. The second-order valence-electron chi connectivity index (χ2n) is 4.38. The van der Waals surface area contributed by atoms with E-state index in [0.717, 1.165) is 12.8 Å². The number of carbonyl (C=O) groups is 1. The number of rotatable bonds is 2. The van der Waals surface area contributed by atoms with Gasteiger partial charge < -0.3 is 9.84 Å². The molecule has 0 spiro atoms. The average Bonchev–Trinajstić information content (AvgIpc) is 3.07. The molecule has 1 amide bonds. The molecule has 0 radical (unpaired) electrons. The summed E-state index contributed by atoms with van der Waals surface area (Å²) in [6.07, 6.45) is -0.209. The van der Waals surface area contributed by atoms with Crippen LogP contribution in [0.3, 0.4) is 0 Å². The zero-order valence-corrected chi connectivity index (χ0v) is 9.80. The van der Waals surface area contributed by atoms with Crippen LogP contribution in [-0.2, 0) is 4.74 Å². The van der Waals surface area contributed by atoms with Gasteiger partial charge in [0.2, 0.25) is 0 Å². The summed E-state index contributed by atoms with van der Waals surface area (Å²) >= 11 is 6.04.